The average molecular weight is 254 g/mol. The van der Waals surface area contributed by atoms with Crippen LogP contribution in [0.15, 0.2) is 53.9 Å². The Balaban J connectivity index is 2.10. The van der Waals surface area contributed by atoms with E-state index >= 15 is 0 Å². The molecule has 0 aliphatic heterocycles. The third-order valence-corrected chi connectivity index (χ3v) is 3.87. The van der Waals surface area contributed by atoms with Gasteiger partial charge in [-0.25, -0.2) is 0 Å². The maximum atomic E-state index is 9.19. The van der Waals surface area contributed by atoms with Crippen molar-refractivity contribution in [1.82, 2.24) is 0 Å². The van der Waals surface area contributed by atoms with Crippen molar-refractivity contribution in [1.29, 1.82) is 0 Å². The van der Waals surface area contributed by atoms with Crippen molar-refractivity contribution in [3.05, 3.63) is 53.9 Å². The maximum absolute atomic E-state index is 9.19. The first kappa shape index (κ1) is 11.5. The predicted octanol–water partition coefficient (Wildman–Crippen LogP) is 2.25. The van der Waals surface area contributed by atoms with Crippen molar-refractivity contribution in [2.45, 2.75) is 0 Å². The average Bonchev–Trinajstić information content (AvgIpc) is 2.86. The second kappa shape index (κ2) is 4.57. The van der Waals surface area contributed by atoms with E-state index in [9.17, 15) is 10.0 Å². The summed E-state index contributed by atoms with van der Waals surface area (Å²) in [5, 5.41) is 21.7. The number of hydrogen-bond acceptors (Lipinski definition) is 3. The highest BCUT2D eigenvalue weighted by atomic mass is 32.1. The molecule has 0 aliphatic carbocycles. The van der Waals surface area contributed by atoms with Crippen LogP contribution in [0.4, 0.5) is 0 Å². The molecule has 4 heteroatoms. The van der Waals surface area contributed by atoms with Crippen molar-refractivity contribution in [2.75, 3.05) is 0 Å². The lowest BCUT2D eigenvalue weighted by Crippen LogP contribution is -2.29. The molecule has 1 aromatic heterocycles. The van der Waals surface area contributed by atoms with Crippen LogP contribution in [0.2, 0.25) is 0 Å². The molecule has 2 nitrogen and oxygen atoms in total. The largest absolute Gasteiger partial charge is 0.488 e. The van der Waals surface area contributed by atoms with Crippen molar-refractivity contribution >= 4 is 34.0 Å². The summed E-state index contributed by atoms with van der Waals surface area (Å²) in [6, 6.07) is 15.7. The third-order valence-electron chi connectivity index (χ3n) is 2.97. The molecule has 0 saturated heterocycles. The Bertz CT molecular complexity index is 691. The summed E-state index contributed by atoms with van der Waals surface area (Å²) < 4.78 is 1.26. The van der Waals surface area contributed by atoms with E-state index < -0.39 is 7.12 Å². The standard InChI is InChI=1S/C14H11BO2S/c16-15(17)13-3-1-2-10(9-13)11-4-5-14-12(8-11)6-7-18-14/h1-9,16-17H. The zero-order valence-corrected chi connectivity index (χ0v) is 10.4. The molecule has 2 N–H and O–H groups in total. The summed E-state index contributed by atoms with van der Waals surface area (Å²) in [5.41, 5.74) is 2.59. The molecule has 0 amide bonds. The van der Waals surface area contributed by atoms with E-state index in [0.717, 1.165) is 11.1 Å². The Kier molecular flexibility index (Phi) is 2.92. The number of rotatable bonds is 2. The van der Waals surface area contributed by atoms with E-state index in [1.165, 1.54) is 10.1 Å². The van der Waals surface area contributed by atoms with Crippen LogP contribution in [-0.2, 0) is 0 Å². The molecule has 0 saturated carbocycles. The number of thiophene rings is 1. The molecule has 2 aromatic carbocycles. The van der Waals surface area contributed by atoms with Gasteiger partial charge in [0.2, 0.25) is 0 Å². The van der Waals surface area contributed by atoms with Crippen molar-refractivity contribution < 1.29 is 10.0 Å². The van der Waals surface area contributed by atoms with Gasteiger partial charge in [-0.05, 0) is 45.6 Å². The minimum Gasteiger partial charge on any atom is -0.423 e. The zero-order valence-electron chi connectivity index (χ0n) is 9.58. The minimum absolute atomic E-state index is 0.512. The topological polar surface area (TPSA) is 40.5 Å². The molecule has 0 radical (unpaired) electrons. The molecule has 0 fully saturated rings. The van der Waals surface area contributed by atoms with Gasteiger partial charge in [-0.3, -0.25) is 0 Å². The van der Waals surface area contributed by atoms with Gasteiger partial charge in [0.1, 0.15) is 0 Å². The molecule has 1 heterocycles. The molecular formula is C14H11BO2S. The third kappa shape index (κ3) is 2.06. The Morgan fingerprint density at radius 1 is 0.889 bits per heavy atom. The van der Waals surface area contributed by atoms with E-state index in [4.69, 9.17) is 0 Å². The van der Waals surface area contributed by atoms with Crippen LogP contribution in [0.3, 0.4) is 0 Å². The predicted molar refractivity (Wildman–Crippen MR) is 77.1 cm³/mol. The Labute approximate surface area is 109 Å². The Morgan fingerprint density at radius 2 is 1.72 bits per heavy atom. The second-order valence-corrected chi connectivity index (χ2v) is 5.12. The van der Waals surface area contributed by atoms with Crippen LogP contribution < -0.4 is 5.46 Å². The first-order chi connectivity index (χ1) is 8.74. The molecule has 88 valence electrons. The fourth-order valence-corrected chi connectivity index (χ4v) is 2.80. The monoisotopic (exact) mass is 254 g/mol. The SMILES string of the molecule is OB(O)c1cccc(-c2ccc3sccc3c2)c1. The molecule has 3 aromatic rings. The van der Waals surface area contributed by atoms with Crippen molar-refractivity contribution in [3.63, 3.8) is 0 Å². The van der Waals surface area contributed by atoms with E-state index in [1.54, 1.807) is 23.5 Å². The van der Waals surface area contributed by atoms with Crippen LogP contribution >= 0.6 is 11.3 Å². The van der Waals surface area contributed by atoms with Gasteiger partial charge in [0.05, 0.1) is 0 Å². The van der Waals surface area contributed by atoms with Crippen molar-refractivity contribution in [2.24, 2.45) is 0 Å². The highest BCUT2D eigenvalue weighted by molar-refractivity contribution is 7.17. The first-order valence-corrected chi connectivity index (χ1v) is 6.56. The molecule has 18 heavy (non-hydrogen) atoms. The molecule has 0 aliphatic rings. The molecule has 0 unspecified atom stereocenters. The number of hydrogen-bond donors (Lipinski definition) is 2. The summed E-state index contributed by atoms with van der Waals surface area (Å²) in [7, 11) is -1.42. The summed E-state index contributed by atoms with van der Waals surface area (Å²) in [5.74, 6) is 0. The van der Waals surface area contributed by atoms with Crippen LogP contribution in [0.25, 0.3) is 21.2 Å². The lowest BCUT2D eigenvalue weighted by Gasteiger charge is -2.05. The Morgan fingerprint density at radius 3 is 2.56 bits per heavy atom. The summed E-state index contributed by atoms with van der Waals surface area (Å²) in [6.07, 6.45) is 0. The molecule has 0 atom stereocenters. The van der Waals surface area contributed by atoms with Gasteiger partial charge in [-0.2, -0.15) is 0 Å². The fraction of sp³-hybridized carbons (Fsp3) is 0. The molecule has 3 rings (SSSR count). The van der Waals surface area contributed by atoms with Gasteiger partial charge in [0.15, 0.2) is 0 Å². The van der Waals surface area contributed by atoms with E-state index in [1.807, 2.05) is 12.1 Å². The van der Waals surface area contributed by atoms with Crippen LogP contribution in [0.1, 0.15) is 0 Å². The highest BCUT2D eigenvalue weighted by Crippen LogP contribution is 2.27. The quantitative estimate of drug-likeness (QED) is 0.688. The summed E-state index contributed by atoms with van der Waals surface area (Å²) in [6.45, 7) is 0. The van der Waals surface area contributed by atoms with Crippen LogP contribution in [0, 0.1) is 0 Å². The summed E-state index contributed by atoms with van der Waals surface area (Å²) >= 11 is 1.72. The van der Waals surface area contributed by atoms with E-state index in [-0.39, 0.29) is 0 Å². The van der Waals surface area contributed by atoms with Crippen LogP contribution in [0.5, 0.6) is 0 Å². The number of fused-ring (bicyclic) bond motifs is 1. The van der Waals surface area contributed by atoms with E-state index in [0.29, 0.717) is 5.46 Å². The van der Waals surface area contributed by atoms with Gasteiger partial charge < -0.3 is 10.0 Å². The minimum atomic E-state index is -1.42. The smallest absolute Gasteiger partial charge is 0.423 e. The van der Waals surface area contributed by atoms with Gasteiger partial charge in [-0.1, -0.05) is 30.3 Å². The molecule has 0 spiro atoms. The second-order valence-electron chi connectivity index (χ2n) is 4.17. The fourth-order valence-electron chi connectivity index (χ4n) is 2.03. The van der Waals surface area contributed by atoms with Gasteiger partial charge in [0, 0.05) is 4.70 Å². The lowest BCUT2D eigenvalue weighted by molar-refractivity contribution is 0.426. The maximum Gasteiger partial charge on any atom is 0.488 e. The van der Waals surface area contributed by atoms with Gasteiger partial charge >= 0.3 is 7.12 Å². The summed E-state index contributed by atoms with van der Waals surface area (Å²) in [4.78, 5) is 0. The molecule has 0 bridgehead atoms. The number of benzene rings is 2. The van der Waals surface area contributed by atoms with Crippen molar-refractivity contribution in [3.8, 4) is 11.1 Å². The van der Waals surface area contributed by atoms with E-state index in [2.05, 4.69) is 29.6 Å². The zero-order chi connectivity index (χ0) is 12.5. The normalized spacial score (nSPS) is 10.8. The van der Waals surface area contributed by atoms with Gasteiger partial charge in [0.25, 0.3) is 0 Å². The lowest BCUT2D eigenvalue weighted by atomic mass is 9.79. The van der Waals surface area contributed by atoms with Crippen LogP contribution in [-0.4, -0.2) is 17.2 Å². The highest BCUT2D eigenvalue weighted by Gasteiger charge is 2.11. The van der Waals surface area contributed by atoms with Gasteiger partial charge in [-0.15, -0.1) is 11.3 Å². The molecular weight excluding hydrogens is 243 g/mol. The first-order valence-electron chi connectivity index (χ1n) is 5.68. The Hall–Kier alpha value is -1.62.